The lowest BCUT2D eigenvalue weighted by Gasteiger charge is -2.59. The maximum atomic E-state index is 14.6. The van der Waals surface area contributed by atoms with Crippen LogP contribution in [0.2, 0.25) is 0 Å². The summed E-state index contributed by atoms with van der Waals surface area (Å²) >= 11 is 0. The van der Waals surface area contributed by atoms with E-state index in [9.17, 15) is 85.9 Å². The van der Waals surface area contributed by atoms with Crippen LogP contribution >= 0.6 is 0 Å². The van der Waals surface area contributed by atoms with Crippen molar-refractivity contribution in [1.82, 2.24) is 0 Å². The number of ether oxygens (including phenoxy) is 15. The molecule has 9 aliphatic rings. The average Bonchev–Trinajstić information content (AvgIpc) is 1.57. The molecule has 562 valence electrons. The van der Waals surface area contributed by atoms with Gasteiger partial charge in [-0.05, 0) is 92.6 Å². The molecule has 3 saturated carbocycles. The summed E-state index contributed by atoms with van der Waals surface area (Å²) in [6.07, 6.45) is -34.3. The molecule has 0 amide bonds. The first kappa shape index (κ1) is 77.6. The summed E-state index contributed by atoms with van der Waals surface area (Å²) < 4.78 is 88.3. The fourth-order valence-electron chi connectivity index (χ4n) is 16.9. The van der Waals surface area contributed by atoms with E-state index in [2.05, 4.69) is 13.0 Å². The number of esters is 2. The van der Waals surface area contributed by atoms with E-state index in [0.29, 0.717) is 44.9 Å². The molecule has 5 heterocycles. The van der Waals surface area contributed by atoms with Crippen molar-refractivity contribution in [1.29, 1.82) is 0 Å². The Balaban J connectivity index is 0.834. The molecule has 1 aromatic rings. The second kappa shape index (κ2) is 31.8. The van der Waals surface area contributed by atoms with Crippen molar-refractivity contribution in [2.75, 3.05) is 54.4 Å². The van der Waals surface area contributed by atoms with Crippen molar-refractivity contribution in [2.45, 2.75) is 258 Å². The van der Waals surface area contributed by atoms with Crippen molar-refractivity contribution in [3.8, 4) is 17.2 Å². The molecule has 1 aromatic carbocycles. The molecule has 5 aliphatic heterocycles. The lowest BCUT2D eigenvalue weighted by atomic mass is 9.46. The van der Waals surface area contributed by atoms with E-state index in [4.69, 9.17) is 71.1 Å². The second-order valence-corrected chi connectivity index (χ2v) is 28.9. The van der Waals surface area contributed by atoms with Crippen LogP contribution in [0, 0.1) is 40.4 Å². The van der Waals surface area contributed by atoms with Crippen LogP contribution in [0.1, 0.15) is 110 Å². The van der Waals surface area contributed by atoms with Crippen molar-refractivity contribution < 1.29 is 157 Å². The first-order valence-electron chi connectivity index (χ1n) is 34.2. The van der Waals surface area contributed by atoms with E-state index in [1.54, 1.807) is 6.92 Å². The maximum Gasteiger partial charge on any atom is 0.338 e. The Bertz CT molecular complexity index is 2910. The van der Waals surface area contributed by atoms with Crippen LogP contribution < -0.4 is 14.2 Å². The standard InChI is InChI=1S/C67H102O32/c1-27(2)10-13-36(71)28(3)67(84)44(96-64-58(91-29(4)70)54(38(73)25-89-64)98-63-57(45(74)37(72)24-88-63)97-59(83)30-18-39(85-7)55(87-9)40(19-30)86-8)21-35-33-12-11-31-20-32(14-16-65(31,5)34(33)15-17-66(35,67)6)92-61-51(80)49(78)47(76)43(95-61)26-90-60-53(82)50(79)56(42(23-69)94-60)99-62-52(81)48(77)46(75)41(22-68)93-62/h11,18-19,27-28,32-35,37-38,41-54,56-58,60-64,68-69,72-82,84H,10,12-17,20-26H2,1-9H3/t28-,32-,33+,34-,35-,37+,38-,41+,42+,43+,44-,45-,46+,47+,48-,49-,50+,51+,52+,53+,54-,56+,57+,58+,60+,61+,62-,63-,64-,65-,66-,67+/m0/s1. The molecule has 32 nitrogen and oxygen atoms in total. The van der Waals surface area contributed by atoms with Crippen LogP contribution in [0.3, 0.4) is 0 Å². The highest BCUT2D eigenvalue weighted by Gasteiger charge is 2.71. The molecule has 0 radical (unpaired) electrons. The van der Waals surface area contributed by atoms with Gasteiger partial charge in [0.2, 0.25) is 5.75 Å². The Kier molecular flexibility index (Phi) is 24.9. The zero-order valence-electron chi connectivity index (χ0n) is 57.1. The molecule has 0 unspecified atom stereocenters. The third-order valence-corrected chi connectivity index (χ3v) is 22.7. The minimum Gasteiger partial charge on any atom is -0.493 e. The van der Waals surface area contributed by atoms with Crippen LogP contribution in [0.5, 0.6) is 17.2 Å². The van der Waals surface area contributed by atoms with Gasteiger partial charge < -0.3 is 143 Å². The highest BCUT2D eigenvalue weighted by atomic mass is 16.8. The number of aliphatic hydroxyl groups excluding tert-OH is 13. The van der Waals surface area contributed by atoms with Gasteiger partial charge in [-0.25, -0.2) is 4.79 Å². The number of benzene rings is 1. The fourth-order valence-corrected chi connectivity index (χ4v) is 16.9. The van der Waals surface area contributed by atoms with Gasteiger partial charge in [-0.2, -0.15) is 0 Å². The molecule has 0 spiro atoms. The molecule has 32 heteroatoms. The molecular weight excluding hydrogens is 1320 g/mol. The van der Waals surface area contributed by atoms with Crippen molar-refractivity contribution in [3.05, 3.63) is 29.3 Å². The van der Waals surface area contributed by atoms with Gasteiger partial charge in [-0.1, -0.05) is 46.3 Å². The molecule has 14 N–H and O–H groups in total. The van der Waals surface area contributed by atoms with Crippen LogP contribution in [-0.4, -0.2) is 303 Å². The van der Waals surface area contributed by atoms with Gasteiger partial charge in [0, 0.05) is 24.7 Å². The number of carbonyl (C=O) groups excluding carboxylic acids is 3. The normalized spacial score (nSPS) is 44.9. The quantitative estimate of drug-likeness (QED) is 0.0376. The summed E-state index contributed by atoms with van der Waals surface area (Å²) in [7, 11) is 4.06. The van der Waals surface area contributed by atoms with E-state index in [1.165, 1.54) is 33.5 Å². The van der Waals surface area contributed by atoms with Crippen LogP contribution in [0.15, 0.2) is 23.8 Å². The average molecular weight is 1420 g/mol. The van der Waals surface area contributed by atoms with Gasteiger partial charge in [0.1, 0.15) is 109 Å². The van der Waals surface area contributed by atoms with Gasteiger partial charge in [0.15, 0.2) is 55.2 Å². The summed E-state index contributed by atoms with van der Waals surface area (Å²) in [5, 5.41) is 155. The second-order valence-electron chi connectivity index (χ2n) is 28.9. The van der Waals surface area contributed by atoms with Gasteiger partial charge >= 0.3 is 11.9 Å². The number of ketones is 1. The molecule has 4 aliphatic carbocycles. The number of fused-ring (bicyclic) bond motifs is 5. The summed E-state index contributed by atoms with van der Waals surface area (Å²) in [4.78, 5) is 41.6. The minimum absolute atomic E-state index is 0.0326. The van der Waals surface area contributed by atoms with Crippen molar-refractivity contribution in [2.24, 2.45) is 40.4 Å². The number of rotatable bonds is 24. The Hall–Kier alpha value is -3.99. The van der Waals surface area contributed by atoms with Gasteiger partial charge in [-0.3, -0.25) is 9.59 Å². The summed E-state index contributed by atoms with van der Waals surface area (Å²) in [6, 6.07) is 2.62. The molecule has 10 rings (SSSR count). The number of hydrogen-bond donors (Lipinski definition) is 14. The summed E-state index contributed by atoms with van der Waals surface area (Å²) in [5.41, 5.74) is -2.29. The minimum atomic E-state index is -1.92. The number of aliphatic hydroxyl groups is 14. The largest absolute Gasteiger partial charge is 0.493 e. The van der Waals surface area contributed by atoms with E-state index in [1.807, 2.05) is 20.8 Å². The Morgan fingerprint density at radius 3 is 1.81 bits per heavy atom. The number of methoxy groups -OCH3 is 3. The monoisotopic (exact) mass is 1420 g/mol. The highest BCUT2D eigenvalue weighted by Crippen LogP contribution is 2.69. The van der Waals surface area contributed by atoms with Gasteiger partial charge in [0.05, 0.1) is 72.1 Å². The van der Waals surface area contributed by atoms with Crippen LogP contribution in [0.25, 0.3) is 0 Å². The molecule has 32 atom stereocenters. The summed E-state index contributed by atoms with van der Waals surface area (Å²) in [5.74, 6) is -2.83. The smallest absolute Gasteiger partial charge is 0.338 e. The third kappa shape index (κ3) is 15.0. The number of Topliss-reactive ketones (excluding diaryl/α,β-unsaturated/α-hetero) is 1. The van der Waals surface area contributed by atoms with E-state index in [-0.39, 0.29) is 65.1 Å². The van der Waals surface area contributed by atoms with Crippen molar-refractivity contribution >= 4 is 17.7 Å². The van der Waals surface area contributed by atoms with Gasteiger partial charge in [-0.15, -0.1) is 0 Å². The molecule has 5 saturated heterocycles. The van der Waals surface area contributed by atoms with E-state index >= 15 is 0 Å². The lowest BCUT2D eigenvalue weighted by molar-refractivity contribution is -0.365. The maximum absolute atomic E-state index is 14.6. The highest BCUT2D eigenvalue weighted by molar-refractivity contribution is 5.91. The Morgan fingerprint density at radius 2 is 1.19 bits per heavy atom. The number of hydrogen-bond acceptors (Lipinski definition) is 32. The fraction of sp³-hybridized carbons (Fsp3) is 0.836. The van der Waals surface area contributed by atoms with E-state index < -0.39 is 221 Å². The molecule has 99 heavy (non-hydrogen) atoms. The molecule has 8 fully saturated rings. The lowest BCUT2D eigenvalue weighted by Crippen LogP contribution is -2.65. The molecular formula is C67H102O32. The molecule has 0 bridgehead atoms. The van der Waals surface area contributed by atoms with Crippen LogP contribution in [-0.2, 0) is 66.4 Å². The predicted octanol–water partition coefficient (Wildman–Crippen LogP) is -2.49. The number of allylic oxidation sites excluding steroid dienone is 1. The van der Waals surface area contributed by atoms with Gasteiger partial charge in [0.25, 0.3) is 0 Å². The molecule has 0 aromatic heterocycles. The predicted molar refractivity (Wildman–Crippen MR) is 332 cm³/mol. The van der Waals surface area contributed by atoms with Crippen molar-refractivity contribution in [3.63, 3.8) is 0 Å². The Morgan fingerprint density at radius 1 is 0.606 bits per heavy atom. The van der Waals surface area contributed by atoms with Crippen LogP contribution in [0.4, 0.5) is 0 Å². The first-order chi connectivity index (χ1) is 46.9. The summed E-state index contributed by atoms with van der Waals surface area (Å²) in [6.45, 7) is 7.78. The zero-order chi connectivity index (χ0) is 72.1. The van der Waals surface area contributed by atoms with E-state index in [0.717, 1.165) is 12.5 Å². The zero-order valence-corrected chi connectivity index (χ0v) is 57.1. The Labute approximate surface area is 572 Å². The number of carbonyl (C=O) groups is 3. The third-order valence-electron chi connectivity index (χ3n) is 22.7. The SMILES string of the molecule is COc1cc(C(=O)O[C@H]2[C@H](O[C@@H]3[C@@H](OC(C)=O)[C@H](O[C@H]4C[C@H]5[C@@H]6CC=C7C[C@@H](O[C@@H]8O[C@H](CO[C@@H]9O[C@H](CO)[C@@H](O[C@@H]%10O[C@H](CO)[C@@H](O)[C@H](O)[C@H]%10O)[C@H](O)[C@H]9O)[C@@H](O)[C@H](O)[C@H]8O)CC[C@]7(C)[C@H]6CC[C@]5(C)[C@@]4(O)[C@@H](C)C(=O)CCC(C)C)OC[C@@H]3O)OC[C@@H](O)[C@@H]2O)cc(OC)c1OC. The first-order valence-corrected chi connectivity index (χ1v) is 34.2. The topological polar surface area (TPSA) is 473 Å².